The third kappa shape index (κ3) is 26.5. The maximum Gasteiger partial charge on any atom is 0.264 e. The van der Waals surface area contributed by atoms with Gasteiger partial charge in [-0.3, -0.25) is 4.18 Å². The molecule has 1 atom stereocenters. The Labute approximate surface area is 232 Å². The van der Waals surface area contributed by atoms with Crippen LogP contribution in [0.2, 0.25) is 0 Å². The molecule has 1 unspecified atom stereocenters. The fraction of sp³-hybridized carbons (Fsp3) is 0.818. The van der Waals surface area contributed by atoms with Crippen molar-refractivity contribution in [2.75, 3.05) is 6.26 Å². The molecule has 3 nitrogen and oxygen atoms in total. The number of unbranched alkanes of at least 4 members (excludes halogenated alkanes) is 12. The van der Waals surface area contributed by atoms with Crippen molar-refractivity contribution in [3.63, 3.8) is 0 Å². The van der Waals surface area contributed by atoms with Gasteiger partial charge in [-0.2, -0.15) is 8.42 Å². The predicted molar refractivity (Wildman–Crippen MR) is 165 cm³/mol. The van der Waals surface area contributed by atoms with Gasteiger partial charge >= 0.3 is 0 Å². The third-order valence-electron chi connectivity index (χ3n) is 7.00. The number of allylic oxidation sites excluding steroid dienone is 6. The molecule has 0 amide bonds. The average Bonchev–Trinajstić information content (AvgIpc) is 2.86. The Morgan fingerprint density at radius 3 is 1.16 bits per heavy atom. The predicted octanol–water partition coefficient (Wildman–Crippen LogP) is 10.9. The van der Waals surface area contributed by atoms with E-state index in [0.29, 0.717) is 5.92 Å². The molecule has 0 aliphatic carbocycles. The van der Waals surface area contributed by atoms with Crippen LogP contribution in [0.4, 0.5) is 0 Å². The molecular formula is C33H62O3S. The minimum absolute atomic E-state index is 0.203. The summed E-state index contributed by atoms with van der Waals surface area (Å²) in [5, 5.41) is 0. The van der Waals surface area contributed by atoms with E-state index in [1.807, 2.05) is 0 Å². The molecule has 0 N–H and O–H groups in total. The Balaban J connectivity index is 4.88. The monoisotopic (exact) mass is 538 g/mol. The Morgan fingerprint density at radius 2 is 0.838 bits per heavy atom. The second kappa shape index (κ2) is 26.7. The molecule has 0 rings (SSSR count). The summed E-state index contributed by atoms with van der Waals surface area (Å²) in [6.45, 7) is 6.71. The average molecular weight is 539 g/mol. The summed E-state index contributed by atoms with van der Waals surface area (Å²) in [5.74, 6) is 0.297. The van der Waals surface area contributed by atoms with Crippen molar-refractivity contribution >= 4 is 10.1 Å². The first kappa shape index (κ1) is 36.1. The number of hydrogen-bond acceptors (Lipinski definition) is 3. The standard InChI is InChI=1S/C33H62O3S/c1-5-8-11-14-17-20-23-26-29-32(30-27-24-21-18-15-12-9-6-2)33(36-37(4,34)35)31-28-25-22-19-16-13-10-7-3/h17-22,32-33H,5-16,23-31H2,1-4H3/b20-17-,21-18-,22-19-. The van der Waals surface area contributed by atoms with E-state index in [1.54, 1.807) is 0 Å². The van der Waals surface area contributed by atoms with Crippen LogP contribution in [0.1, 0.15) is 156 Å². The van der Waals surface area contributed by atoms with Crippen molar-refractivity contribution in [3.8, 4) is 0 Å². The molecule has 0 saturated heterocycles. The fourth-order valence-corrected chi connectivity index (χ4v) is 5.48. The summed E-state index contributed by atoms with van der Waals surface area (Å²) in [6.07, 6.45) is 39.1. The summed E-state index contributed by atoms with van der Waals surface area (Å²) in [6, 6.07) is 0. The highest BCUT2D eigenvalue weighted by Gasteiger charge is 2.25. The topological polar surface area (TPSA) is 43.4 Å². The summed E-state index contributed by atoms with van der Waals surface area (Å²) >= 11 is 0. The molecule has 0 heterocycles. The van der Waals surface area contributed by atoms with E-state index in [-0.39, 0.29) is 6.10 Å². The van der Waals surface area contributed by atoms with Crippen LogP contribution >= 0.6 is 0 Å². The first-order chi connectivity index (χ1) is 17.9. The van der Waals surface area contributed by atoms with E-state index in [1.165, 1.54) is 76.9 Å². The van der Waals surface area contributed by atoms with Crippen molar-refractivity contribution in [2.45, 2.75) is 162 Å². The molecule has 0 aromatic heterocycles. The number of rotatable bonds is 27. The van der Waals surface area contributed by atoms with Gasteiger partial charge in [0.2, 0.25) is 0 Å². The molecule has 0 bridgehead atoms. The molecule has 0 spiro atoms. The maximum absolute atomic E-state index is 12.1. The Morgan fingerprint density at radius 1 is 0.514 bits per heavy atom. The van der Waals surface area contributed by atoms with Crippen molar-refractivity contribution < 1.29 is 12.6 Å². The molecule has 0 saturated carbocycles. The zero-order chi connectivity index (χ0) is 27.5. The van der Waals surface area contributed by atoms with E-state index < -0.39 is 10.1 Å². The molecule has 0 aliphatic heterocycles. The highest BCUT2D eigenvalue weighted by Crippen LogP contribution is 2.27. The van der Waals surface area contributed by atoms with Gasteiger partial charge in [0.15, 0.2) is 0 Å². The van der Waals surface area contributed by atoms with Crippen molar-refractivity contribution in [3.05, 3.63) is 36.5 Å². The van der Waals surface area contributed by atoms with Gasteiger partial charge < -0.3 is 0 Å². The van der Waals surface area contributed by atoms with Gasteiger partial charge in [-0.05, 0) is 102 Å². The Bertz CT molecular complexity index is 637. The highest BCUT2D eigenvalue weighted by atomic mass is 32.2. The first-order valence-electron chi connectivity index (χ1n) is 15.8. The van der Waals surface area contributed by atoms with E-state index in [4.69, 9.17) is 4.18 Å². The van der Waals surface area contributed by atoms with Gasteiger partial charge in [-0.25, -0.2) is 0 Å². The molecule has 37 heavy (non-hydrogen) atoms. The van der Waals surface area contributed by atoms with Crippen molar-refractivity contribution in [1.82, 2.24) is 0 Å². The largest absolute Gasteiger partial charge is 0.267 e. The SMILES string of the molecule is CCCCC/C=C\CCCC(CCC/C=C\CCCCC)C(CCC/C=C\CCCCC)OS(C)(=O)=O. The van der Waals surface area contributed by atoms with Crippen LogP contribution < -0.4 is 0 Å². The first-order valence-corrected chi connectivity index (χ1v) is 17.6. The summed E-state index contributed by atoms with van der Waals surface area (Å²) in [5.41, 5.74) is 0. The second-order valence-corrected chi connectivity index (χ2v) is 12.4. The molecule has 218 valence electrons. The maximum atomic E-state index is 12.1. The smallest absolute Gasteiger partial charge is 0.264 e. The summed E-state index contributed by atoms with van der Waals surface area (Å²) in [7, 11) is -3.47. The lowest BCUT2D eigenvalue weighted by molar-refractivity contribution is 0.116. The van der Waals surface area contributed by atoms with Crippen LogP contribution in [0.3, 0.4) is 0 Å². The lowest BCUT2D eigenvalue weighted by Gasteiger charge is -2.26. The van der Waals surface area contributed by atoms with Gasteiger partial charge in [-0.1, -0.05) is 95.8 Å². The van der Waals surface area contributed by atoms with Gasteiger partial charge in [0.05, 0.1) is 12.4 Å². The van der Waals surface area contributed by atoms with E-state index >= 15 is 0 Å². The quantitative estimate of drug-likeness (QED) is 0.0593. The number of hydrogen-bond donors (Lipinski definition) is 0. The van der Waals surface area contributed by atoms with Crippen LogP contribution in [0, 0.1) is 5.92 Å². The Hall–Kier alpha value is -0.870. The highest BCUT2D eigenvalue weighted by molar-refractivity contribution is 7.86. The van der Waals surface area contributed by atoms with E-state index in [0.717, 1.165) is 64.2 Å². The van der Waals surface area contributed by atoms with Crippen LogP contribution in [-0.2, 0) is 14.3 Å². The van der Waals surface area contributed by atoms with Crippen LogP contribution in [0.25, 0.3) is 0 Å². The van der Waals surface area contributed by atoms with Crippen LogP contribution in [0.15, 0.2) is 36.5 Å². The van der Waals surface area contributed by atoms with Gasteiger partial charge in [0, 0.05) is 0 Å². The Kier molecular flexibility index (Phi) is 26.1. The van der Waals surface area contributed by atoms with Crippen molar-refractivity contribution in [1.29, 1.82) is 0 Å². The van der Waals surface area contributed by atoms with Crippen LogP contribution in [-0.4, -0.2) is 20.8 Å². The molecule has 4 heteroatoms. The summed E-state index contributed by atoms with van der Waals surface area (Å²) < 4.78 is 30.0. The third-order valence-corrected chi connectivity index (χ3v) is 7.59. The van der Waals surface area contributed by atoms with Crippen LogP contribution in [0.5, 0.6) is 0 Å². The van der Waals surface area contributed by atoms with Gasteiger partial charge in [-0.15, -0.1) is 0 Å². The minimum atomic E-state index is -3.47. The lowest BCUT2D eigenvalue weighted by Crippen LogP contribution is -2.27. The second-order valence-electron chi connectivity index (χ2n) is 10.8. The molecule has 0 radical (unpaired) electrons. The van der Waals surface area contributed by atoms with E-state index in [2.05, 4.69) is 57.2 Å². The molecule has 0 aromatic rings. The zero-order valence-electron chi connectivity index (χ0n) is 25.1. The fourth-order valence-electron chi connectivity index (χ4n) is 4.78. The summed E-state index contributed by atoms with van der Waals surface area (Å²) in [4.78, 5) is 0. The molecular weight excluding hydrogens is 476 g/mol. The van der Waals surface area contributed by atoms with Crippen molar-refractivity contribution in [2.24, 2.45) is 5.92 Å². The normalized spacial score (nSPS) is 13.6. The molecule has 0 fully saturated rings. The lowest BCUT2D eigenvalue weighted by atomic mass is 9.88. The zero-order valence-corrected chi connectivity index (χ0v) is 25.9. The molecule has 0 aromatic carbocycles. The van der Waals surface area contributed by atoms with Gasteiger partial charge in [0.1, 0.15) is 0 Å². The minimum Gasteiger partial charge on any atom is -0.267 e. The van der Waals surface area contributed by atoms with E-state index in [9.17, 15) is 8.42 Å². The van der Waals surface area contributed by atoms with Gasteiger partial charge in [0.25, 0.3) is 10.1 Å². The molecule has 0 aliphatic rings.